The van der Waals surface area contributed by atoms with E-state index in [1.807, 2.05) is 30.3 Å². The van der Waals surface area contributed by atoms with Crippen molar-refractivity contribution >= 4 is 11.0 Å². The summed E-state index contributed by atoms with van der Waals surface area (Å²) in [4.78, 5) is 7.80. The van der Waals surface area contributed by atoms with Crippen molar-refractivity contribution in [3.63, 3.8) is 0 Å². The molecule has 0 saturated carbocycles. The van der Waals surface area contributed by atoms with Gasteiger partial charge in [-0.2, -0.15) is 0 Å². The monoisotopic (exact) mass is 352 g/mol. The Morgan fingerprint density at radius 3 is 2.77 bits per heavy atom. The van der Waals surface area contributed by atoms with Crippen molar-refractivity contribution in [3.8, 4) is 17.1 Å². The smallest absolute Gasteiger partial charge is 0.141 e. The van der Waals surface area contributed by atoms with Gasteiger partial charge in [0.15, 0.2) is 0 Å². The van der Waals surface area contributed by atoms with E-state index in [-0.39, 0.29) is 5.75 Å². The Labute approximate surface area is 152 Å². The molecule has 4 rings (SSSR count). The second-order valence-corrected chi connectivity index (χ2v) is 6.81. The minimum absolute atomic E-state index is 0.125. The van der Waals surface area contributed by atoms with Crippen LogP contribution < -0.4 is 10.6 Å². The molecule has 1 aliphatic heterocycles. The molecule has 0 radical (unpaired) electrons. The average molecular weight is 352 g/mol. The maximum absolute atomic E-state index is 10.6. The predicted octanol–water partition coefficient (Wildman–Crippen LogP) is 2.66. The first-order valence-corrected chi connectivity index (χ1v) is 9.14. The second-order valence-electron chi connectivity index (χ2n) is 6.81. The molecular formula is C20H24N4O2. The Balaban J connectivity index is 1.60. The molecule has 1 saturated heterocycles. The minimum Gasteiger partial charge on any atom is -0.506 e. The molecule has 1 aliphatic rings. The van der Waals surface area contributed by atoms with Crippen LogP contribution in [-0.2, 0) is 0 Å². The van der Waals surface area contributed by atoms with Crippen LogP contribution in [0, 0.1) is 0 Å². The number of phenols is 1. The number of nitrogens with one attached hydrogen (secondary N) is 3. The first kappa shape index (κ1) is 17.0. The summed E-state index contributed by atoms with van der Waals surface area (Å²) in [6.45, 7) is 1.73. The number of hydrogen-bond donors (Lipinski definition) is 5. The van der Waals surface area contributed by atoms with Gasteiger partial charge in [-0.1, -0.05) is 36.8 Å². The number of rotatable bonds is 5. The number of imidazole rings is 1. The number of nitrogens with zero attached hydrogens (tertiary/aromatic N) is 1. The van der Waals surface area contributed by atoms with Gasteiger partial charge >= 0.3 is 0 Å². The summed E-state index contributed by atoms with van der Waals surface area (Å²) in [5, 5.41) is 27.5. The number of phenolic OH excluding ortho intramolecular Hbond substituents is 1. The molecule has 6 heteroatoms. The van der Waals surface area contributed by atoms with E-state index in [0.717, 1.165) is 18.5 Å². The van der Waals surface area contributed by atoms with Crippen molar-refractivity contribution < 1.29 is 10.2 Å². The number of hydrogen-bond acceptors (Lipinski definition) is 5. The summed E-state index contributed by atoms with van der Waals surface area (Å²) in [7, 11) is 0. The number of piperidine rings is 1. The van der Waals surface area contributed by atoms with Gasteiger partial charge in [0.05, 0.1) is 5.52 Å². The number of benzene rings is 2. The molecule has 5 N–H and O–H groups in total. The number of aromatic nitrogens is 2. The number of H-pyrrole nitrogens is 1. The quantitative estimate of drug-likeness (QED) is 0.455. The zero-order chi connectivity index (χ0) is 17.9. The lowest BCUT2D eigenvalue weighted by Crippen LogP contribution is -2.42. The van der Waals surface area contributed by atoms with Crippen LogP contribution in [-0.4, -0.2) is 39.3 Å². The zero-order valence-electron chi connectivity index (χ0n) is 14.6. The number of aliphatic hydroxyl groups excluding tert-OH is 1. The van der Waals surface area contributed by atoms with Crippen LogP contribution in [0.25, 0.3) is 22.4 Å². The van der Waals surface area contributed by atoms with Gasteiger partial charge in [-0.3, -0.25) is 5.32 Å². The summed E-state index contributed by atoms with van der Waals surface area (Å²) in [5.41, 5.74) is 2.72. The van der Waals surface area contributed by atoms with E-state index >= 15 is 0 Å². The van der Waals surface area contributed by atoms with Gasteiger partial charge in [0.1, 0.15) is 23.3 Å². The van der Waals surface area contributed by atoms with E-state index in [4.69, 9.17) is 0 Å². The Bertz CT molecular complexity index is 872. The molecule has 2 atom stereocenters. The van der Waals surface area contributed by atoms with Gasteiger partial charge in [0.2, 0.25) is 0 Å². The van der Waals surface area contributed by atoms with Crippen LogP contribution in [0.2, 0.25) is 0 Å². The van der Waals surface area contributed by atoms with Crippen molar-refractivity contribution in [1.82, 2.24) is 20.6 Å². The predicted molar refractivity (Wildman–Crippen MR) is 102 cm³/mol. The van der Waals surface area contributed by atoms with Gasteiger partial charge < -0.3 is 20.5 Å². The Morgan fingerprint density at radius 1 is 1.15 bits per heavy atom. The Hall–Kier alpha value is -2.41. The third-order valence-electron chi connectivity index (χ3n) is 4.97. The highest BCUT2D eigenvalue weighted by atomic mass is 16.3. The lowest BCUT2D eigenvalue weighted by Gasteiger charge is -2.25. The molecule has 2 aromatic carbocycles. The van der Waals surface area contributed by atoms with E-state index in [1.165, 1.54) is 12.8 Å². The van der Waals surface area contributed by atoms with Gasteiger partial charge in [-0.05, 0) is 31.5 Å². The Morgan fingerprint density at radius 2 is 2.00 bits per heavy atom. The summed E-state index contributed by atoms with van der Waals surface area (Å²) in [6, 6.07) is 13.4. The number of aliphatic hydroxyl groups is 1. The van der Waals surface area contributed by atoms with Crippen LogP contribution in [0.4, 0.5) is 0 Å². The highest BCUT2D eigenvalue weighted by Crippen LogP contribution is 2.31. The number of fused-ring (bicyclic) bond motifs is 1. The molecule has 136 valence electrons. The fourth-order valence-electron chi connectivity index (χ4n) is 3.51. The van der Waals surface area contributed by atoms with Crippen LogP contribution in [0.15, 0.2) is 42.5 Å². The largest absolute Gasteiger partial charge is 0.506 e. The van der Waals surface area contributed by atoms with Crippen molar-refractivity contribution in [1.29, 1.82) is 0 Å². The first-order valence-electron chi connectivity index (χ1n) is 9.14. The molecule has 0 aliphatic carbocycles. The van der Waals surface area contributed by atoms with Crippen LogP contribution >= 0.6 is 0 Å². The maximum atomic E-state index is 10.6. The average Bonchev–Trinajstić information content (AvgIpc) is 3.14. The van der Waals surface area contributed by atoms with E-state index in [2.05, 4.69) is 20.6 Å². The molecular weight excluding hydrogens is 328 g/mol. The third-order valence-corrected chi connectivity index (χ3v) is 4.97. The van der Waals surface area contributed by atoms with Crippen LogP contribution in [0.5, 0.6) is 5.75 Å². The highest BCUT2D eigenvalue weighted by Gasteiger charge is 2.19. The lowest BCUT2D eigenvalue weighted by molar-refractivity contribution is 0.134. The van der Waals surface area contributed by atoms with Crippen molar-refractivity contribution in [2.45, 2.75) is 31.5 Å². The summed E-state index contributed by atoms with van der Waals surface area (Å²) in [5.74, 6) is 0.795. The first-order chi connectivity index (χ1) is 12.7. The molecule has 2 heterocycles. The molecule has 2 unspecified atom stereocenters. The Kier molecular flexibility index (Phi) is 4.88. The molecule has 0 amide bonds. The highest BCUT2D eigenvalue weighted by molar-refractivity contribution is 5.87. The standard InChI is InChI=1S/C20H24N4O2/c25-16-10-9-15(20(26)22-12-14-8-4-5-11-21-14)17-18(16)24-19(23-17)13-6-2-1-3-7-13/h1-3,6-7,9-10,14,20-22,25-26H,4-5,8,11-12H2,(H,23,24). The third kappa shape index (κ3) is 3.44. The molecule has 0 bridgehead atoms. The van der Waals surface area contributed by atoms with E-state index in [1.54, 1.807) is 12.1 Å². The van der Waals surface area contributed by atoms with E-state index in [0.29, 0.717) is 35.0 Å². The summed E-state index contributed by atoms with van der Waals surface area (Å²) < 4.78 is 0. The summed E-state index contributed by atoms with van der Waals surface area (Å²) in [6.07, 6.45) is 2.71. The molecule has 26 heavy (non-hydrogen) atoms. The zero-order valence-corrected chi connectivity index (χ0v) is 14.6. The molecule has 1 fully saturated rings. The van der Waals surface area contributed by atoms with Gasteiger partial charge in [0, 0.05) is 23.7 Å². The maximum Gasteiger partial charge on any atom is 0.141 e. The van der Waals surface area contributed by atoms with Gasteiger partial charge in [0.25, 0.3) is 0 Å². The van der Waals surface area contributed by atoms with Crippen LogP contribution in [0.3, 0.4) is 0 Å². The number of aromatic hydroxyl groups is 1. The fraction of sp³-hybridized carbons (Fsp3) is 0.350. The second kappa shape index (κ2) is 7.45. The van der Waals surface area contributed by atoms with Crippen LogP contribution in [0.1, 0.15) is 31.1 Å². The van der Waals surface area contributed by atoms with Crippen molar-refractivity contribution in [2.24, 2.45) is 0 Å². The molecule has 6 nitrogen and oxygen atoms in total. The van der Waals surface area contributed by atoms with Crippen molar-refractivity contribution in [2.75, 3.05) is 13.1 Å². The van der Waals surface area contributed by atoms with Gasteiger partial charge in [-0.25, -0.2) is 4.98 Å². The molecule has 3 aromatic rings. The van der Waals surface area contributed by atoms with Gasteiger partial charge in [-0.15, -0.1) is 0 Å². The molecule has 1 aromatic heterocycles. The lowest BCUT2D eigenvalue weighted by atomic mass is 10.0. The normalized spacial score (nSPS) is 18.9. The van der Waals surface area contributed by atoms with E-state index in [9.17, 15) is 10.2 Å². The molecule has 0 spiro atoms. The SMILES string of the molecule is Oc1ccc(C(O)NCC2CCCCN2)c2nc(-c3ccccc3)[nH]c12. The fourth-order valence-corrected chi connectivity index (χ4v) is 3.51. The topological polar surface area (TPSA) is 93.2 Å². The van der Waals surface area contributed by atoms with E-state index < -0.39 is 6.23 Å². The summed E-state index contributed by atoms with van der Waals surface area (Å²) >= 11 is 0. The van der Waals surface area contributed by atoms with Crippen molar-refractivity contribution in [3.05, 3.63) is 48.0 Å². The number of aromatic amines is 1. The minimum atomic E-state index is -0.839.